The predicted octanol–water partition coefficient (Wildman–Crippen LogP) is 1.42. The molecule has 2 aromatic rings. The first-order valence-corrected chi connectivity index (χ1v) is 6.77. The molecule has 1 N–H and O–H groups in total. The summed E-state index contributed by atoms with van der Waals surface area (Å²) in [5, 5.41) is 21.0. The van der Waals surface area contributed by atoms with Gasteiger partial charge in [-0.3, -0.25) is 0 Å². The number of nitrogens with zero attached hydrogens (tertiary/aromatic N) is 4. The molecule has 0 amide bonds. The van der Waals surface area contributed by atoms with Crippen molar-refractivity contribution in [1.82, 2.24) is 20.2 Å². The van der Waals surface area contributed by atoms with Crippen molar-refractivity contribution < 1.29 is 9.90 Å². The number of aliphatic carboxylic acids is 1. The number of tetrazole rings is 1. The van der Waals surface area contributed by atoms with Gasteiger partial charge in [-0.2, -0.15) is 0 Å². The van der Waals surface area contributed by atoms with Gasteiger partial charge in [0.25, 0.3) is 0 Å². The van der Waals surface area contributed by atoms with E-state index in [-0.39, 0.29) is 0 Å². The summed E-state index contributed by atoms with van der Waals surface area (Å²) < 4.78 is 1.52. The van der Waals surface area contributed by atoms with Gasteiger partial charge >= 0.3 is 5.97 Å². The Morgan fingerprint density at radius 3 is 2.60 bits per heavy atom. The van der Waals surface area contributed by atoms with Gasteiger partial charge in [-0.1, -0.05) is 30.3 Å². The molecule has 0 radical (unpaired) electrons. The molecule has 0 atom stereocenters. The molecule has 0 aliphatic heterocycles. The highest BCUT2D eigenvalue weighted by molar-refractivity contribution is 5.77. The van der Waals surface area contributed by atoms with E-state index in [1.165, 1.54) is 10.2 Å². The van der Waals surface area contributed by atoms with Crippen LogP contribution in [0.15, 0.2) is 30.3 Å². The van der Waals surface area contributed by atoms with Gasteiger partial charge in [0.2, 0.25) is 0 Å². The van der Waals surface area contributed by atoms with Crippen LogP contribution in [0, 0.1) is 0 Å². The molecule has 1 aliphatic carbocycles. The average molecular weight is 272 g/mol. The van der Waals surface area contributed by atoms with Crippen LogP contribution in [0.3, 0.4) is 0 Å². The van der Waals surface area contributed by atoms with Gasteiger partial charge in [-0.05, 0) is 41.7 Å². The number of aromatic nitrogens is 4. The van der Waals surface area contributed by atoms with Crippen LogP contribution in [0.2, 0.25) is 0 Å². The third kappa shape index (κ3) is 2.07. The molecule has 6 nitrogen and oxygen atoms in total. The molecule has 3 rings (SSSR count). The van der Waals surface area contributed by atoms with E-state index in [0.29, 0.717) is 25.1 Å². The molecule has 6 heteroatoms. The minimum Gasteiger partial charge on any atom is -0.479 e. The van der Waals surface area contributed by atoms with Gasteiger partial charge in [-0.15, -0.1) is 5.10 Å². The monoisotopic (exact) mass is 272 g/mol. The first-order chi connectivity index (χ1) is 9.72. The van der Waals surface area contributed by atoms with E-state index in [4.69, 9.17) is 0 Å². The second kappa shape index (κ2) is 5.03. The first-order valence-electron chi connectivity index (χ1n) is 6.77. The summed E-state index contributed by atoms with van der Waals surface area (Å²) in [4.78, 5) is 11.5. The zero-order valence-electron chi connectivity index (χ0n) is 11.1. The quantitative estimate of drug-likeness (QED) is 0.890. The van der Waals surface area contributed by atoms with Crippen molar-refractivity contribution in [3.05, 3.63) is 41.7 Å². The van der Waals surface area contributed by atoms with Gasteiger partial charge in [-0.25, -0.2) is 9.48 Å². The Hall–Kier alpha value is -2.24. The van der Waals surface area contributed by atoms with Gasteiger partial charge in [0.05, 0.1) is 0 Å². The SMILES string of the molecule is O=C(O)C1(n2nnnc2CCc2ccccc2)CCC1. The van der Waals surface area contributed by atoms with Gasteiger partial charge in [0, 0.05) is 6.42 Å². The molecule has 20 heavy (non-hydrogen) atoms. The maximum absolute atomic E-state index is 11.5. The van der Waals surface area contributed by atoms with Gasteiger partial charge in [0.1, 0.15) is 0 Å². The maximum Gasteiger partial charge on any atom is 0.331 e. The minimum absolute atomic E-state index is 0.603. The summed E-state index contributed by atoms with van der Waals surface area (Å²) in [6, 6.07) is 10.0. The van der Waals surface area contributed by atoms with Crippen LogP contribution in [0.4, 0.5) is 0 Å². The average Bonchev–Trinajstić information content (AvgIpc) is 2.85. The molecule has 0 bridgehead atoms. The zero-order valence-corrected chi connectivity index (χ0v) is 11.1. The lowest BCUT2D eigenvalue weighted by atomic mass is 9.77. The van der Waals surface area contributed by atoms with E-state index in [2.05, 4.69) is 15.5 Å². The van der Waals surface area contributed by atoms with E-state index in [1.54, 1.807) is 0 Å². The number of aryl methyl sites for hydroxylation is 2. The normalized spacial score (nSPS) is 16.6. The van der Waals surface area contributed by atoms with Crippen LogP contribution in [0.1, 0.15) is 30.7 Å². The topological polar surface area (TPSA) is 80.9 Å². The van der Waals surface area contributed by atoms with Crippen molar-refractivity contribution in [3.63, 3.8) is 0 Å². The number of hydrogen-bond acceptors (Lipinski definition) is 4. The van der Waals surface area contributed by atoms with Crippen LogP contribution in [0.25, 0.3) is 0 Å². The molecule has 1 aromatic heterocycles. The fourth-order valence-electron chi connectivity index (χ4n) is 2.62. The lowest BCUT2D eigenvalue weighted by molar-refractivity contribution is -0.153. The van der Waals surface area contributed by atoms with E-state index in [9.17, 15) is 9.90 Å². The fraction of sp³-hybridized carbons (Fsp3) is 0.429. The zero-order chi connectivity index (χ0) is 14.0. The minimum atomic E-state index is -0.921. The molecule has 0 unspecified atom stereocenters. The smallest absolute Gasteiger partial charge is 0.331 e. The first kappa shape index (κ1) is 12.8. The van der Waals surface area contributed by atoms with Crippen molar-refractivity contribution in [2.45, 2.75) is 37.6 Å². The Kier molecular flexibility index (Phi) is 3.22. The summed E-state index contributed by atoms with van der Waals surface area (Å²) in [5.41, 5.74) is 0.273. The predicted molar refractivity (Wildman–Crippen MR) is 71.1 cm³/mol. The molecular weight excluding hydrogens is 256 g/mol. The van der Waals surface area contributed by atoms with Crippen LogP contribution >= 0.6 is 0 Å². The van der Waals surface area contributed by atoms with Crippen molar-refractivity contribution >= 4 is 5.97 Å². The maximum atomic E-state index is 11.5. The van der Waals surface area contributed by atoms with Crippen LogP contribution < -0.4 is 0 Å². The fourth-order valence-corrected chi connectivity index (χ4v) is 2.62. The van der Waals surface area contributed by atoms with Crippen LogP contribution in [0.5, 0.6) is 0 Å². The standard InChI is InChI=1S/C14H16N4O2/c19-13(20)14(9-4-10-14)18-12(15-16-17-18)8-7-11-5-2-1-3-6-11/h1-3,5-6H,4,7-10H2,(H,19,20). The number of hydrogen-bond donors (Lipinski definition) is 1. The summed E-state index contributed by atoms with van der Waals surface area (Å²) in [6.45, 7) is 0. The molecule has 1 fully saturated rings. The van der Waals surface area contributed by atoms with Gasteiger partial charge in [0.15, 0.2) is 11.4 Å². The Morgan fingerprint density at radius 1 is 1.25 bits per heavy atom. The molecule has 1 aliphatic rings. The van der Waals surface area contributed by atoms with Crippen molar-refractivity contribution in [2.75, 3.05) is 0 Å². The van der Waals surface area contributed by atoms with Crippen LogP contribution in [-0.2, 0) is 23.2 Å². The summed E-state index contributed by atoms with van der Waals surface area (Å²) >= 11 is 0. The highest BCUT2D eigenvalue weighted by Crippen LogP contribution is 2.39. The molecule has 0 saturated heterocycles. The van der Waals surface area contributed by atoms with E-state index in [0.717, 1.165) is 12.8 Å². The molecule has 1 heterocycles. The van der Waals surface area contributed by atoms with Crippen molar-refractivity contribution in [2.24, 2.45) is 0 Å². The van der Waals surface area contributed by atoms with E-state index in [1.807, 2.05) is 30.3 Å². The Labute approximate surface area is 116 Å². The number of carboxylic acids is 1. The number of rotatable bonds is 5. The summed E-state index contributed by atoms with van der Waals surface area (Å²) in [5.74, 6) is -0.187. The summed E-state index contributed by atoms with van der Waals surface area (Å²) in [7, 11) is 0. The second-order valence-corrected chi connectivity index (χ2v) is 5.18. The lowest BCUT2D eigenvalue weighted by Crippen LogP contribution is -2.49. The highest BCUT2D eigenvalue weighted by Gasteiger charge is 2.48. The third-order valence-electron chi connectivity index (χ3n) is 4.00. The van der Waals surface area contributed by atoms with E-state index < -0.39 is 11.5 Å². The largest absolute Gasteiger partial charge is 0.479 e. The second-order valence-electron chi connectivity index (χ2n) is 5.18. The van der Waals surface area contributed by atoms with Crippen molar-refractivity contribution in [1.29, 1.82) is 0 Å². The Morgan fingerprint density at radius 2 is 2.00 bits per heavy atom. The number of carbonyl (C=O) groups is 1. The lowest BCUT2D eigenvalue weighted by Gasteiger charge is -2.37. The van der Waals surface area contributed by atoms with E-state index >= 15 is 0 Å². The van der Waals surface area contributed by atoms with Crippen molar-refractivity contribution in [3.8, 4) is 0 Å². The summed E-state index contributed by atoms with van der Waals surface area (Å²) in [6.07, 6.45) is 3.56. The third-order valence-corrected chi connectivity index (χ3v) is 4.00. The number of carboxylic acid groups (broad SMARTS) is 1. The Balaban J connectivity index is 1.79. The molecule has 1 aromatic carbocycles. The molecule has 1 saturated carbocycles. The number of benzene rings is 1. The molecular formula is C14H16N4O2. The Bertz CT molecular complexity index is 605. The highest BCUT2D eigenvalue weighted by atomic mass is 16.4. The molecule has 0 spiro atoms. The van der Waals surface area contributed by atoms with Crippen LogP contribution in [-0.4, -0.2) is 31.3 Å². The van der Waals surface area contributed by atoms with Gasteiger partial charge < -0.3 is 5.11 Å². The molecule has 104 valence electrons.